The van der Waals surface area contributed by atoms with Gasteiger partial charge in [0, 0.05) is 17.3 Å². The van der Waals surface area contributed by atoms with Gasteiger partial charge in [0.1, 0.15) is 11.6 Å². The Morgan fingerprint density at radius 1 is 1.28 bits per heavy atom. The number of nitrogens with zero attached hydrogens (tertiary/aromatic N) is 1. The van der Waals surface area contributed by atoms with E-state index in [1.54, 1.807) is 12.1 Å². The fourth-order valence-corrected chi connectivity index (χ4v) is 2.04. The number of benzene rings is 1. The molecule has 0 bridgehead atoms. The van der Waals surface area contributed by atoms with E-state index in [4.69, 9.17) is 16.3 Å². The number of aryl methyl sites for hydroxylation is 2. The highest BCUT2D eigenvalue weighted by atomic mass is 35.5. The molecule has 0 saturated carbocycles. The maximum Gasteiger partial charge on any atom is 0.224 e. The molecule has 0 spiro atoms. The van der Waals surface area contributed by atoms with Gasteiger partial charge in [0.05, 0.1) is 5.88 Å². The van der Waals surface area contributed by atoms with Crippen LogP contribution in [0.3, 0.4) is 0 Å². The number of hydrogen-bond donors (Lipinski definition) is 0. The van der Waals surface area contributed by atoms with Gasteiger partial charge >= 0.3 is 0 Å². The van der Waals surface area contributed by atoms with Crippen LogP contribution in [0.4, 0.5) is 4.39 Å². The number of halogens is 2. The largest absolute Gasteiger partial charge is 0.439 e. The van der Waals surface area contributed by atoms with Crippen molar-refractivity contribution in [1.29, 1.82) is 0 Å². The van der Waals surface area contributed by atoms with E-state index in [1.165, 1.54) is 12.1 Å². The lowest BCUT2D eigenvalue weighted by Crippen LogP contribution is -1.98. The van der Waals surface area contributed by atoms with Crippen LogP contribution in [0, 0.1) is 19.7 Å². The van der Waals surface area contributed by atoms with Gasteiger partial charge in [0.25, 0.3) is 0 Å². The number of hydrogen-bond acceptors (Lipinski definition) is 2. The lowest BCUT2D eigenvalue weighted by atomic mass is 10.1. The predicted molar refractivity (Wildman–Crippen MR) is 69.7 cm³/mol. The number of pyridine rings is 1. The molecule has 0 N–H and O–H groups in total. The second-order valence-corrected chi connectivity index (χ2v) is 4.32. The lowest BCUT2D eigenvalue weighted by Gasteiger charge is -2.11. The zero-order valence-corrected chi connectivity index (χ0v) is 11.0. The summed E-state index contributed by atoms with van der Waals surface area (Å²) in [7, 11) is 0. The van der Waals surface area contributed by atoms with Crippen LogP contribution in [-0.4, -0.2) is 4.98 Å². The molecular formula is C14H13ClFNO. The number of alkyl halides is 1. The van der Waals surface area contributed by atoms with Crippen molar-refractivity contribution in [2.75, 3.05) is 0 Å². The van der Waals surface area contributed by atoms with Crippen molar-refractivity contribution in [3.8, 4) is 11.6 Å². The van der Waals surface area contributed by atoms with Gasteiger partial charge in [-0.25, -0.2) is 9.37 Å². The summed E-state index contributed by atoms with van der Waals surface area (Å²) in [4.78, 5) is 4.30. The first-order chi connectivity index (χ1) is 8.60. The Morgan fingerprint density at radius 2 is 2.06 bits per heavy atom. The summed E-state index contributed by atoms with van der Waals surface area (Å²) < 4.78 is 18.7. The van der Waals surface area contributed by atoms with Crippen molar-refractivity contribution < 1.29 is 9.13 Å². The standard InChI is InChI=1S/C14H13ClFNO/c1-9-6-10(2)17-14(13(9)8-15)18-12-5-3-4-11(16)7-12/h3-7H,8H2,1-2H3. The maximum absolute atomic E-state index is 13.1. The second kappa shape index (κ2) is 5.36. The number of ether oxygens (including phenoxy) is 1. The van der Waals surface area contributed by atoms with E-state index in [-0.39, 0.29) is 5.82 Å². The Kier molecular flexibility index (Phi) is 3.82. The van der Waals surface area contributed by atoms with Crippen LogP contribution in [0.5, 0.6) is 11.6 Å². The van der Waals surface area contributed by atoms with Crippen LogP contribution in [0.1, 0.15) is 16.8 Å². The third-order valence-corrected chi connectivity index (χ3v) is 2.85. The first kappa shape index (κ1) is 12.8. The molecule has 2 rings (SSSR count). The molecule has 0 radical (unpaired) electrons. The monoisotopic (exact) mass is 265 g/mol. The average Bonchev–Trinajstić information content (AvgIpc) is 2.28. The van der Waals surface area contributed by atoms with Gasteiger partial charge < -0.3 is 4.74 Å². The molecule has 2 aromatic rings. The van der Waals surface area contributed by atoms with E-state index in [1.807, 2.05) is 19.9 Å². The molecule has 0 aliphatic carbocycles. The van der Waals surface area contributed by atoms with Gasteiger partial charge in [-0.05, 0) is 37.6 Å². The summed E-state index contributed by atoms with van der Waals surface area (Å²) in [5, 5.41) is 0. The Hall–Kier alpha value is -1.61. The lowest BCUT2D eigenvalue weighted by molar-refractivity contribution is 0.452. The predicted octanol–water partition coefficient (Wildman–Crippen LogP) is 4.37. The summed E-state index contributed by atoms with van der Waals surface area (Å²) in [5.74, 6) is 0.820. The molecule has 1 aromatic carbocycles. The maximum atomic E-state index is 13.1. The van der Waals surface area contributed by atoms with Crippen molar-refractivity contribution in [2.45, 2.75) is 19.7 Å². The van der Waals surface area contributed by atoms with Crippen LogP contribution in [0.25, 0.3) is 0 Å². The quantitative estimate of drug-likeness (QED) is 0.769. The summed E-state index contributed by atoms with van der Waals surface area (Å²) in [5.41, 5.74) is 2.68. The van der Waals surface area contributed by atoms with E-state index in [0.29, 0.717) is 17.5 Å². The second-order valence-electron chi connectivity index (χ2n) is 4.06. The molecular weight excluding hydrogens is 253 g/mol. The van der Waals surface area contributed by atoms with E-state index >= 15 is 0 Å². The third kappa shape index (κ3) is 2.79. The highest BCUT2D eigenvalue weighted by Gasteiger charge is 2.10. The van der Waals surface area contributed by atoms with Crippen molar-refractivity contribution in [2.24, 2.45) is 0 Å². The molecule has 18 heavy (non-hydrogen) atoms. The molecule has 0 aliphatic rings. The third-order valence-electron chi connectivity index (χ3n) is 2.58. The van der Waals surface area contributed by atoms with Crippen molar-refractivity contribution >= 4 is 11.6 Å². The Bertz CT molecular complexity index is 572. The molecule has 0 aliphatic heterocycles. The van der Waals surface area contributed by atoms with Gasteiger partial charge in [-0.3, -0.25) is 0 Å². The van der Waals surface area contributed by atoms with Gasteiger partial charge in [-0.1, -0.05) is 6.07 Å². The Labute approximate surface area is 110 Å². The van der Waals surface area contributed by atoms with Crippen LogP contribution in [0.2, 0.25) is 0 Å². The molecule has 94 valence electrons. The first-order valence-electron chi connectivity index (χ1n) is 5.56. The van der Waals surface area contributed by atoms with E-state index < -0.39 is 0 Å². The van der Waals surface area contributed by atoms with Crippen molar-refractivity contribution in [3.05, 3.63) is 53.0 Å². The molecule has 0 atom stereocenters. The molecule has 0 fully saturated rings. The topological polar surface area (TPSA) is 22.1 Å². The summed E-state index contributed by atoms with van der Waals surface area (Å²) in [6, 6.07) is 7.89. The minimum absolute atomic E-state index is 0.309. The Morgan fingerprint density at radius 3 is 2.72 bits per heavy atom. The summed E-state index contributed by atoms with van der Waals surface area (Å²) in [6.07, 6.45) is 0. The zero-order valence-electron chi connectivity index (χ0n) is 10.2. The zero-order chi connectivity index (χ0) is 13.1. The fourth-order valence-electron chi connectivity index (χ4n) is 1.72. The van der Waals surface area contributed by atoms with Gasteiger partial charge in [-0.2, -0.15) is 0 Å². The van der Waals surface area contributed by atoms with Gasteiger partial charge in [0.15, 0.2) is 0 Å². The van der Waals surface area contributed by atoms with Gasteiger partial charge in [-0.15, -0.1) is 11.6 Å². The minimum Gasteiger partial charge on any atom is -0.439 e. The molecule has 0 amide bonds. The van der Waals surface area contributed by atoms with Crippen molar-refractivity contribution in [3.63, 3.8) is 0 Å². The molecule has 1 heterocycles. The van der Waals surface area contributed by atoms with E-state index in [2.05, 4.69) is 4.98 Å². The smallest absolute Gasteiger partial charge is 0.224 e. The molecule has 1 aromatic heterocycles. The van der Waals surface area contributed by atoms with Crippen LogP contribution in [-0.2, 0) is 5.88 Å². The molecule has 4 heteroatoms. The normalized spacial score (nSPS) is 10.4. The summed E-state index contributed by atoms with van der Waals surface area (Å²) >= 11 is 5.89. The van der Waals surface area contributed by atoms with E-state index in [0.717, 1.165) is 16.8 Å². The van der Waals surface area contributed by atoms with Crippen molar-refractivity contribution in [1.82, 2.24) is 4.98 Å². The van der Waals surface area contributed by atoms with Crippen LogP contribution in [0.15, 0.2) is 30.3 Å². The van der Waals surface area contributed by atoms with E-state index in [9.17, 15) is 4.39 Å². The summed E-state index contributed by atoms with van der Waals surface area (Å²) in [6.45, 7) is 3.83. The highest BCUT2D eigenvalue weighted by molar-refractivity contribution is 6.17. The molecule has 2 nitrogen and oxygen atoms in total. The Balaban J connectivity index is 2.39. The first-order valence-corrected chi connectivity index (χ1v) is 6.10. The SMILES string of the molecule is Cc1cc(C)c(CCl)c(Oc2cccc(F)c2)n1. The number of aromatic nitrogens is 1. The number of rotatable bonds is 3. The highest BCUT2D eigenvalue weighted by Crippen LogP contribution is 2.27. The minimum atomic E-state index is -0.343. The average molecular weight is 266 g/mol. The van der Waals surface area contributed by atoms with Gasteiger partial charge in [0.2, 0.25) is 5.88 Å². The van der Waals surface area contributed by atoms with Crippen LogP contribution >= 0.6 is 11.6 Å². The fraction of sp³-hybridized carbons (Fsp3) is 0.214. The molecule has 0 saturated heterocycles. The van der Waals surface area contributed by atoms with Crippen LogP contribution < -0.4 is 4.74 Å². The molecule has 0 unspecified atom stereocenters.